The van der Waals surface area contributed by atoms with Crippen molar-refractivity contribution in [3.05, 3.63) is 93.0 Å². The molecule has 0 heterocycles. The zero-order valence-corrected chi connectivity index (χ0v) is 40.2. The number of amidine groups is 1. The maximum Gasteiger partial charge on any atom is 0.167 e. The molecule has 0 unspecified atom stereocenters. The molecule has 62 heavy (non-hydrogen) atoms. The number of carbonyl (C=O) groups excluding carboxylic acids is 4. The van der Waals surface area contributed by atoms with Crippen LogP contribution in [-0.4, -0.2) is 59.3 Å². The molecule has 0 aliphatic heterocycles. The maximum atomic E-state index is 14.2. The standard InChI is InChI=1S/C51H73N5O4S2/c1-34(54)15-10-8-11-18-43(57)30-37-26-41(50(2,3)4)28-39(48(37)61-23-21-52)32-45(59)35-16-14-17-36(25-35)46(60)33-40-29-42(51(5,6)7)27-38(49(40)62-24-22-53)31-44(58)19-12-9-13-20-47(55)56/h14,16-17,25-29,54H,8-13,15,18-24,30-33,52-53H2,1-7H3,(H3,55,56). The van der Waals surface area contributed by atoms with Crippen LogP contribution in [0.5, 0.6) is 0 Å². The molecular weight excluding hydrogens is 811 g/mol. The summed E-state index contributed by atoms with van der Waals surface area (Å²) in [7, 11) is 0. The van der Waals surface area contributed by atoms with Crippen LogP contribution in [0.4, 0.5) is 0 Å². The summed E-state index contributed by atoms with van der Waals surface area (Å²) in [6, 6.07) is 15.4. The van der Waals surface area contributed by atoms with Crippen LogP contribution in [0.2, 0.25) is 0 Å². The largest absolute Gasteiger partial charge is 0.388 e. The lowest BCUT2D eigenvalue weighted by Gasteiger charge is -2.24. The van der Waals surface area contributed by atoms with Crippen LogP contribution in [-0.2, 0) is 46.1 Å². The highest BCUT2D eigenvalue weighted by Gasteiger charge is 2.25. The Morgan fingerprint density at radius 1 is 0.548 bits per heavy atom. The first-order valence-corrected chi connectivity index (χ1v) is 24.3. The Morgan fingerprint density at radius 3 is 1.27 bits per heavy atom. The van der Waals surface area contributed by atoms with Gasteiger partial charge in [-0.2, -0.15) is 0 Å². The average Bonchev–Trinajstić information content (AvgIpc) is 3.18. The molecule has 0 amide bonds. The Labute approximate surface area is 380 Å². The van der Waals surface area contributed by atoms with E-state index in [1.54, 1.807) is 47.8 Å². The highest BCUT2D eigenvalue weighted by atomic mass is 32.2. The van der Waals surface area contributed by atoms with Gasteiger partial charge in [0, 0.05) is 96.2 Å². The van der Waals surface area contributed by atoms with E-state index in [9.17, 15) is 19.2 Å². The molecule has 3 rings (SSSR count). The Hall–Kier alpha value is -3.90. The monoisotopic (exact) mass is 884 g/mol. The maximum absolute atomic E-state index is 14.2. The first-order valence-electron chi connectivity index (χ1n) is 22.3. The summed E-state index contributed by atoms with van der Waals surface area (Å²) < 4.78 is 0. The summed E-state index contributed by atoms with van der Waals surface area (Å²) >= 11 is 3.17. The average molecular weight is 884 g/mol. The van der Waals surface area contributed by atoms with Crippen molar-refractivity contribution in [1.29, 1.82) is 10.8 Å². The van der Waals surface area contributed by atoms with Crippen molar-refractivity contribution in [3.8, 4) is 0 Å². The second kappa shape index (κ2) is 25.4. The van der Waals surface area contributed by atoms with Crippen LogP contribution < -0.4 is 17.2 Å². The number of unbranched alkanes of at least 4 members (excludes halogenated alkanes) is 4. The summed E-state index contributed by atoms with van der Waals surface area (Å²) in [6.07, 6.45) is 7.94. The Bertz CT molecular complexity index is 1910. The predicted octanol–water partition coefficient (Wildman–Crippen LogP) is 10.3. The molecule has 0 atom stereocenters. The molecule has 0 fully saturated rings. The minimum Gasteiger partial charge on any atom is -0.388 e. The fraction of sp³-hybridized carbons (Fsp3) is 0.529. The lowest BCUT2D eigenvalue weighted by molar-refractivity contribution is -0.119. The van der Waals surface area contributed by atoms with E-state index in [2.05, 4.69) is 65.8 Å². The Balaban J connectivity index is 1.94. The third-order valence-corrected chi connectivity index (χ3v) is 13.3. The molecule has 0 saturated carbocycles. The van der Waals surface area contributed by atoms with Gasteiger partial charge in [0.25, 0.3) is 0 Å². The van der Waals surface area contributed by atoms with E-state index in [0.29, 0.717) is 60.7 Å². The number of nitrogens with two attached hydrogens (primary N) is 3. The van der Waals surface area contributed by atoms with E-state index in [0.717, 1.165) is 88.1 Å². The minimum absolute atomic E-state index is 0.105. The van der Waals surface area contributed by atoms with E-state index in [1.807, 2.05) is 6.92 Å². The van der Waals surface area contributed by atoms with E-state index in [-0.39, 0.29) is 65.5 Å². The van der Waals surface area contributed by atoms with Crippen LogP contribution in [0.3, 0.4) is 0 Å². The van der Waals surface area contributed by atoms with Gasteiger partial charge in [-0.25, -0.2) is 0 Å². The van der Waals surface area contributed by atoms with Gasteiger partial charge in [-0.1, -0.05) is 96.8 Å². The molecule has 11 heteroatoms. The number of carbonyl (C=O) groups is 4. The second-order valence-corrected chi connectivity index (χ2v) is 20.9. The van der Waals surface area contributed by atoms with E-state index in [4.69, 9.17) is 28.0 Å². The SMILES string of the molecule is CC(=N)CCCCCC(=O)Cc1cc(C(C)(C)C)cc(CC(=O)c2cccc(C(=O)Cc3cc(C(C)(C)C)cc(CC(=O)CCCCCC(=N)N)c3SCCN)c2)c1SCCN. The molecular formula is C51H73N5O4S2. The van der Waals surface area contributed by atoms with Gasteiger partial charge in [0.05, 0.1) is 5.84 Å². The van der Waals surface area contributed by atoms with Gasteiger partial charge in [0.2, 0.25) is 0 Å². The van der Waals surface area contributed by atoms with Gasteiger partial charge in [-0.05, 0) is 89.3 Å². The molecule has 0 radical (unpaired) electrons. The molecule has 8 N–H and O–H groups in total. The molecule has 338 valence electrons. The van der Waals surface area contributed by atoms with Gasteiger partial charge in [0.15, 0.2) is 11.6 Å². The topological polar surface area (TPSA) is 194 Å². The number of Topliss-reactive ketones (excluding diaryl/α,β-unsaturated/α-hetero) is 4. The molecule has 0 spiro atoms. The smallest absolute Gasteiger partial charge is 0.167 e. The lowest BCUT2D eigenvalue weighted by atomic mass is 9.83. The van der Waals surface area contributed by atoms with Crippen LogP contribution in [0, 0.1) is 10.8 Å². The zero-order valence-electron chi connectivity index (χ0n) is 38.5. The molecule has 0 aromatic heterocycles. The van der Waals surface area contributed by atoms with Gasteiger partial charge in [-0.3, -0.25) is 24.6 Å². The van der Waals surface area contributed by atoms with E-state index >= 15 is 0 Å². The summed E-state index contributed by atoms with van der Waals surface area (Å²) in [5.41, 5.74) is 24.2. The van der Waals surface area contributed by atoms with Crippen LogP contribution in [0.25, 0.3) is 0 Å². The molecule has 0 bridgehead atoms. The molecule has 0 saturated heterocycles. The number of benzene rings is 3. The third kappa shape index (κ3) is 17.7. The molecule has 3 aromatic carbocycles. The molecule has 3 aromatic rings. The quantitative estimate of drug-likeness (QED) is 0.0155. The summed E-state index contributed by atoms with van der Waals surface area (Å²) in [5, 5.41) is 15.1. The van der Waals surface area contributed by atoms with Crippen LogP contribution in [0.15, 0.2) is 58.3 Å². The predicted molar refractivity (Wildman–Crippen MR) is 261 cm³/mol. The van der Waals surface area contributed by atoms with Crippen molar-refractivity contribution in [3.63, 3.8) is 0 Å². The molecule has 0 aliphatic carbocycles. The highest BCUT2D eigenvalue weighted by Crippen LogP contribution is 2.36. The van der Waals surface area contributed by atoms with Crippen LogP contribution in [0.1, 0.15) is 167 Å². The van der Waals surface area contributed by atoms with Gasteiger partial charge < -0.3 is 22.6 Å². The third-order valence-electron chi connectivity index (χ3n) is 10.8. The minimum atomic E-state index is -0.231. The summed E-state index contributed by atoms with van der Waals surface area (Å²) in [6.45, 7) is 15.5. The zero-order chi connectivity index (χ0) is 46.0. The number of hydrogen-bond donors (Lipinski definition) is 5. The normalized spacial score (nSPS) is 11.8. The van der Waals surface area contributed by atoms with Crippen molar-refractivity contribution in [2.24, 2.45) is 17.2 Å². The molecule has 9 nitrogen and oxygen atoms in total. The number of thioether (sulfide) groups is 2. The number of rotatable bonds is 28. The fourth-order valence-electron chi connectivity index (χ4n) is 7.31. The van der Waals surface area contributed by atoms with Crippen LogP contribution >= 0.6 is 23.5 Å². The van der Waals surface area contributed by atoms with Crippen molar-refractivity contribution in [2.45, 2.75) is 159 Å². The number of ketones is 4. The summed E-state index contributed by atoms with van der Waals surface area (Å²) in [5.74, 6) is 1.50. The fourth-order valence-corrected chi connectivity index (χ4v) is 9.22. The highest BCUT2D eigenvalue weighted by molar-refractivity contribution is 7.99. The number of nitrogens with one attached hydrogen (secondary N) is 2. The van der Waals surface area contributed by atoms with Crippen molar-refractivity contribution in [1.82, 2.24) is 0 Å². The van der Waals surface area contributed by atoms with Crippen molar-refractivity contribution in [2.75, 3.05) is 24.6 Å². The van der Waals surface area contributed by atoms with Gasteiger partial charge in [0.1, 0.15) is 11.6 Å². The van der Waals surface area contributed by atoms with Crippen molar-refractivity contribution < 1.29 is 19.2 Å². The molecule has 0 aliphatic rings. The van der Waals surface area contributed by atoms with Gasteiger partial charge in [-0.15, -0.1) is 23.5 Å². The van der Waals surface area contributed by atoms with E-state index in [1.165, 1.54) is 0 Å². The van der Waals surface area contributed by atoms with Crippen molar-refractivity contribution >= 4 is 58.2 Å². The van der Waals surface area contributed by atoms with E-state index < -0.39 is 0 Å². The first-order chi connectivity index (χ1) is 29.2. The lowest BCUT2D eigenvalue weighted by Crippen LogP contribution is -2.17. The Kier molecular flexibility index (Phi) is 21.5. The second-order valence-electron chi connectivity index (χ2n) is 18.7. The first kappa shape index (κ1) is 52.4. The summed E-state index contributed by atoms with van der Waals surface area (Å²) in [4.78, 5) is 57.0. The van der Waals surface area contributed by atoms with Gasteiger partial charge >= 0.3 is 0 Å². The Morgan fingerprint density at radius 2 is 0.919 bits per heavy atom. The number of hydrogen-bond acceptors (Lipinski definition) is 10.